The van der Waals surface area contributed by atoms with Gasteiger partial charge in [-0.3, -0.25) is 0 Å². The summed E-state index contributed by atoms with van der Waals surface area (Å²) < 4.78 is 10.9. The topological polar surface area (TPSA) is 35.5 Å². The molecule has 0 aromatic heterocycles. The number of hydrogen-bond acceptors (Lipinski definition) is 4. The van der Waals surface area contributed by atoms with Crippen LogP contribution in [0, 0.1) is 11.8 Å². The molecule has 1 fully saturated rings. The Bertz CT molecular complexity index is 476. The lowest BCUT2D eigenvalue weighted by atomic mass is 9.94. The third-order valence-corrected chi connectivity index (χ3v) is 4.58. The fourth-order valence-electron chi connectivity index (χ4n) is 2.57. The van der Waals surface area contributed by atoms with Crippen molar-refractivity contribution in [2.45, 2.75) is 71.8 Å². The average Bonchev–Trinajstić information content (AvgIpc) is 3.35. The Morgan fingerprint density at radius 2 is 2.08 bits per heavy atom. The maximum atomic E-state index is 11.4. The van der Waals surface area contributed by atoms with Gasteiger partial charge in [0.25, 0.3) is 0 Å². The number of thiocarbonyl (C=S) groups is 1. The van der Waals surface area contributed by atoms with Crippen LogP contribution in [0.5, 0.6) is 0 Å². The fraction of sp³-hybridized carbons (Fsp3) is 0.714. The SMILES string of the molecule is CC(C=CCC(C)CCCC(C)(C)OCC1CC1)=CC(=O)OCC=S. The first-order valence-corrected chi connectivity index (χ1v) is 9.88. The first-order chi connectivity index (χ1) is 11.8. The Kier molecular flexibility index (Phi) is 10.2. The van der Waals surface area contributed by atoms with Crippen molar-refractivity contribution in [2.24, 2.45) is 11.8 Å². The monoisotopic (exact) mass is 366 g/mol. The van der Waals surface area contributed by atoms with Crippen LogP contribution in [0.15, 0.2) is 23.8 Å². The molecule has 4 heteroatoms. The largest absolute Gasteiger partial charge is 0.457 e. The molecule has 0 saturated heterocycles. The molecule has 1 aliphatic carbocycles. The second-order valence-corrected chi connectivity index (χ2v) is 8.17. The van der Waals surface area contributed by atoms with Crippen molar-refractivity contribution in [1.29, 1.82) is 0 Å². The fourth-order valence-corrected chi connectivity index (χ4v) is 2.64. The molecule has 0 heterocycles. The van der Waals surface area contributed by atoms with E-state index in [0.29, 0.717) is 5.92 Å². The van der Waals surface area contributed by atoms with Gasteiger partial charge in [0.05, 0.1) is 12.2 Å². The van der Waals surface area contributed by atoms with E-state index in [9.17, 15) is 4.79 Å². The molecule has 3 nitrogen and oxygen atoms in total. The zero-order valence-electron chi connectivity index (χ0n) is 16.3. The van der Waals surface area contributed by atoms with E-state index in [2.05, 4.69) is 39.1 Å². The summed E-state index contributed by atoms with van der Waals surface area (Å²) in [5, 5.41) is 1.40. The quantitative estimate of drug-likeness (QED) is 0.188. The highest BCUT2D eigenvalue weighted by molar-refractivity contribution is 7.79. The summed E-state index contributed by atoms with van der Waals surface area (Å²) in [4.78, 5) is 11.4. The molecule has 0 aliphatic heterocycles. The highest BCUT2D eigenvalue weighted by Crippen LogP contribution is 2.31. The molecule has 0 aromatic carbocycles. The molecule has 1 aliphatic rings. The van der Waals surface area contributed by atoms with Crippen molar-refractivity contribution in [1.82, 2.24) is 0 Å². The second-order valence-electron chi connectivity index (χ2n) is 7.83. The minimum Gasteiger partial charge on any atom is -0.457 e. The lowest BCUT2D eigenvalue weighted by molar-refractivity contribution is -0.136. The third kappa shape index (κ3) is 12.1. The maximum absolute atomic E-state index is 11.4. The summed E-state index contributed by atoms with van der Waals surface area (Å²) in [5.41, 5.74) is 0.900. The first-order valence-electron chi connectivity index (χ1n) is 9.41. The van der Waals surface area contributed by atoms with Gasteiger partial charge in [-0.25, -0.2) is 4.79 Å². The number of hydrogen-bond donors (Lipinski definition) is 0. The van der Waals surface area contributed by atoms with Crippen LogP contribution in [-0.4, -0.2) is 30.2 Å². The van der Waals surface area contributed by atoms with Gasteiger partial charge >= 0.3 is 5.97 Å². The molecule has 0 radical (unpaired) electrons. The van der Waals surface area contributed by atoms with Gasteiger partial charge in [-0.15, -0.1) is 0 Å². The Hall–Kier alpha value is -1.00. The molecule has 1 rings (SSSR count). The molecule has 1 saturated carbocycles. The van der Waals surface area contributed by atoms with E-state index < -0.39 is 0 Å². The van der Waals surface area contributed by atoms with Crippen molar-refractivity contribution in [3.63, 3.8) is 0 Å². The molecular formula is C21H34O3S. The molecule has 142 valence electrons. The van der Waals surface area contributed by atoms with Crippen LogP contribution >= 0.6 is 12.2 Å². The summed E-state index contributed by atoms with van der Waals surface area (Å²) in [6.07, 6.45) is 12.8. The van der Waals surface area contributed by atoms with E-state index in [-0.39, 0.29) is 18.2 Å². The van der Waals surface area contributed by atoms with Gasteiger partial charge in [-0.1, -0.05) is 44.1 Å². The van der Waals surface area contributed by atoms with Crippen molar-refractivity contribution in [3.05, 3.63) is 23.8 Å². The summed E-state index contributed by atoms with van der Waals surface area (Å²) in [5.74, 6) is 1.11. The average molecular weight is 367 g/mol. The first kappa shape index (κ1) is 22.0. The van der Waals surface area contributed by atoms with E-state index in [4.69, 9.17) is 9.47 Å². The molecule has 0 spiro atoms. The van der Waals surface area contributed by atoms with Crippen LogP contribution in [0.2, 0.25) is 0 Å². The highest BCUT2D eigenvalue weighted by Gasteiger charge is 2.26. The number of esters is 1. The molecular weight excluding hydrogens is 332 g/mol. The predicted molar refractivity (Wildman–Crippen MR) is 108 cm³/mol. The standard InChI is InChI=1S/C21H34O3S/c1-17(7-5-8-18(2)15-20(22)23-13-14-25)9-6-12-21(3,4)24-16-19-10-11-19/h5,8,14-15,17,19H,6-7,9-13,16H2,1-4H3. The summed E-state index contributed by atoms with van der Waals surface area (Å²) in [7, 11) is 0. The molecule has 1 atom stereocenters. The molecule has 1 unspecified atom stereocenters. The van der Waals surface area contributed by atoms with E-state index in [1.54, 1.807) is 0 Å². The molecule has 0 aromatic rings. The van der Waals surface area contributed by atoms with E-state index in [0.717, 1.165) is 30.9 Å². The van der Waals surface area contributed by atoms with Crippen LogP contribution in [0.1, 0.15) is 66.2 Å². The molecule has 0 N–H and O–H groups in total. The lowest BCUT2D eigenvalue weighted by Crippen LogP contribution is -2.25. The number of carbonyl (C=O) groups excluding carboxylic acids is 1. The zero-order chi connectivity index (χ0) is 18.7. The van der Waals surface area contributed by atoms with Gasteiger partial charge in [0, 0.05) is 11.4 Å². The Labute approximate surface area is 158 Å². The van der Waals surface area contributed by atoms with Crippen LogP contribution in [0.25, 0.3) is 0 Å². The number of ether oxygens (including phenoxy) is 2. The van der Waals surface area contributed by atoms with Gasteiger partial charge in [-0.05, 0) is 63.9 Å². The van der Waals surface area contributed by atoms with Crippen molar-refractivity contribution in [3.8, 4) is 0 Å². The highest BCUT2D eigenvalue weighted by atomic mass is 32.1. The van der Waals surface area contributed by atoms with Gasteiger partial charge < -0.3 is 9.47 Å². The van der Waals surface area contributed by atoms with E-state index in [1.807, 2.05) is 13.0 Å². The molecule has 25 heavy (non-hydrogen) atoms. The third-order valence-electron chi connectivity index (χ3n) is 4.44. The minimum absolute atomic E-state index is 0.000285. The van der Waals surface area contributed by atoms with Crippen molar-refractivity contribution in [2.75, 3.05) is 13.2 Å². The smallest absolute Gasteiger partial charge is 0.331 e. The Morgan fingerprint density at radius 1 is 1.36 bits per heavy atom. The van der Waals surface area contributed by atoms with Crippen molar-refractivity contribution >= 4 is 23.6 Å². The van der Waals surface area contributed by atoms with Crippen LogP contribution in [0.4, 0.5) is 0 Å². The van der Waals surface area contributed by atoms with Gasteiger partial charge in [-0.2, -0.15) is 0 Å². The van der Waals surface area contributed by atoms with E-state index in [1.165, 1.54) is 37.1 Å². The van der Waals surface area contributed by atoms with Gasteiger partial charge in [0.2, 0.25) is 0 Å². The predicted octanol–water partition coefficient (Wildman–Crippen LogP) is 5.43. The maximum Gasteiger partial charge on any atom is 0.331 e. The Balaban J connectivity index is 2.17. The number of allylic oxidation sites excluding steroid dienone is 3. The van der Waals surface area contributed by atoms with Crippen LogP contribution < -0.4 is 0 Å². The minimum atomic E-state index is -0.343. The molecule has 0 amide bonds. The summed E-state index contributed by atoms with van der Waals surface area (Å²) in [6.45, 7) is 9.70. The summed E-state index contributed by atoms with van der Waals surface area (Å²) in [6, 6.07) is 0. The summed E-state index contributed by atoms with van der Waals surface area (Å²) >= 11 is 4.62. The zero-order valence-corrected chi connectivity index (χ0v) is 17.1. The van der Waals surface area contributed by atoms with Gasteiger partial charge in [0.1, 0.15) is 6.61 Å². The van der Waals surface area contributed by atoms with Crippen LogP contribution in [-0.2, 0) is 14.3 Å². The second kappa shape index (κ2) is 11.6. The molecule has 0 bridgehead atoms. The Morgan fingerprint density at radius 3 is 2.72 bits per heavy atom. The van der Waals surface area contributed by atoms with Gasteiger partial charge in [0.15, 0.2) is 0 Å². The van der Waals surface area contributed by atoms with Crippen molar-refractivity contribution < 1.29 is 14.3 Å². The number of carbonyl (C=O) groups is 1. The van der Waals surface area contributed by atoms with Crippen LogP contribution in [0.3, 0.4) is 0 Å². The lowest BCUT2D eigenvalue weighted by Gasteiger charge is -2.26. The normalized spacial score (nSPS) is 16.9. The van der Waals surface area contributed by atoms with E-state index >= 15 is 0 Å². The number of rotatable bonds is 13.